The van der Waals surface area contributed by atoms with E-state index in [1.54, 1.807) is 18.2 Å². The summed E-state index contributed by atoms with van der Waals surface area (Å²) in [5, 5.41) is 0. The van der Waals surface area contributed by atoms with Crippen molar-refractivity contribution in [3.63, 3.8) is 0 Å². The maximum absolute atomic E-state index is 13.5. The highest BCUT2D eigenvalue weighted by molar-refractivity contribution is 5.93. The molecule has 3 aromatic carbocycles. The van der Waals surface area contributed by atoms with Crippen LogP contribution in [0, 0.1) is 19.7 Å². The van der Waals surface area contributed by atoms with Crippen LogP contribution < -0.4 is 11.5 Å². The number of benzene rings is 3. The molecule has 1 amide bonds. The summed E-state index contributed by atoms with van der Waals surface area (Å²) in [6.07, 6.45) is 0.533. The average Bonchev–Trinajstić information content (AvgIpc) is 3.25. The maximum atomic E-state index is 13.5. The normalized spacial score (nSPS) is 21.3. The van der Waals surface area contributed by atoms with E-state index in [0.717, 1.165) is 50.2 Å². The lowest BCUT2D eigenvalue weighted by molar-refractivity contribution is -0.0622. The van der Waals surface area contributed by atoms with Gasteiger partial charge >= 0.3 is 0 Å². The van der Waals surface area contributed by atoms with Gasteiger partial charge in [0.15, 0.2) is 0 Å². The number of carbonyl (C=O) groups excluding carboxylic acids is 1. The number of aromatic nitrogens is 1. The Bertz CT molecular complexity index is 1560. The molecular weight excluding hydrogens is 453 g/mol. The van der Waals surface area contributed by atoms with Gasteiger partial charge < -0.3 is 16.2 Å². The number of amides is 1. The lowest BCUT2D eigenvalue weighted by atomic mass is 9.70. The maximum Gasteiger partial charge on any atom is 0.248 e. The molecular formula is C30H26FN3O2. The fraction of sp³-hybridized carbons (Fsp3) is 0.200. The minimum absolute atomic E-state index is 0.268. The van der Waals surface area contributed by atoms with Gasteiger partial charge in [0, 0.05) is 17.7 Å². The largest absolute Gasteiger partial charge is 0.384 e. The number of nitrogens with zero attached hydrogens (tertiary/aromatic N) is 1. The van der Waals surface area contributed by atoms with Gasteiger partial charge in [0.05, 0.1) is 0 Å². The predicted molar refractivity (Wildman–Crippen MR) is 137 cm³/mol. The van der Waals surface area contributed by atoms with Crippen LogP contribution in [-0.4, -0.2) is 10.9 Å². The summed E-state index contributed by atoms with van der Waals surface area (Å²) in [4.78, 5) is 16.6. The number of fused-ring (bicyclic) bond motifs is 8. The van der Waals surface area contributed by atoms with E-state index in [1.807, 2.05) is 38.1 Å². The van der Waals surface area contributed by atoms with Crippen LogP contribution in [0.5, 0.6) is 0 Å². The van der Waals surface area contributed by atoms with Crippen molar-refractivity contribution < 1.29 is 13.9 Å². The van der Waals surface area contributed by atoms with E-state index in [-0.39, 0.29) is 5.82 Å². The Labute approximate surface area is 208 Å². The van der Waals surface area contributed by atoms with Crippen LogP contribution in [0.1, 0.15) is 56.4 Å². The Morgan fingerprint density at radius 3 is 2.31 bits per heavy atom. The lowest BCUT2D eigenvalue weighted by Gasteiger charge is -2.31. The molecule has 6 heteroatoms. The first-order valence-electron chi connectivity index (χ1n) is 11.9. The molecule has 5 nitrogen and oxygen atoms in total. The summed E-state index contributed by atoms with van der Waals surface area (Å²) < 4.78 is 20.5. The van der Waals surface area contributed by atoms with Gasteiger partial charge in [-0.2, -0.15) is 0 Å². The van der Waals surface area contributed by atoms with Gasteiger partial charge in [0.1, 0.15) is 22.8 Å². The molecule has 4 N–H and O–H groups in total. The highest BCUT2D eigenvalue weighted by Crippen LogP contribution is 2.63. The van der Waals surface area contributed by atoms with E-state index >= 15 is 0 Å². The summed E-state index contributed by atoms with van der Waals surface area (Å²) in [6, 6.07) is 20.2. The van der Waals surface area contributed by atoms with Crippen molar-refractivity contribution in [3.8, 4) is 11.1 Å². The monoisotopic (exact) mass is 479 g/mol. The fourth-order valence-electron chi connectivity index (χ4n) is 6.05. The Kier molecular flexibility index (Phi) is 4.66. The molecule has 36 heavy (non-hydrogen) atoms. The number of hydrogen-bond acceptors (Lipinski definition) is 4. The third-order valence-corrected chi connectivity index (χ3v) is 7.78. The van der Waals surface area contributed by atoms with Crippen LogP contribution in [0.15, 0.2) is 66.7 Å². The molecule has 4 aromatic rings. The molecule has 0 radical (unpaired) electrons. The second kappa shape index (κ2) is 7.48. The van der Waals surface area contributed by atoms with Gasteiger partial charge in [0.2, 0.25) is 5.91 Å². The van der Waals surface area contributed by atoms with Crippen LogP contribution in [0.25, 0.3) is 11.1 Å². The number of anilines is 1. The van der Waals surface area contributed by atoms with Gasteiger partial charge in [0.25, 0.3) is 0 Å². The van der Waals surface area contributed by atoms with E-state index in [2.05, 4.69) is 24.0 Å². The Balaban J connectivity index is 1.59. The minimum Gasteiger partial charge on any atom is -0.384 e. The van der Waals surface area contributed by atoms with Gasteiger partial charge in [-0.1, -0.05) is 30.3 Å². The molecule has 1 aromatic heterocycles. The van der Waals surface area contributed by atoms with Gasteiger partial charge in [-0.3, -0.25) is 4.79 Å². The number of pyridine rings is 1. The number of carbonyl (C=O) groups is 1. The van der Waals surface area contributed by atoms with Gasteiger partial charge in [-0.15, -0.1) is 0 Å². The molecule has 2 aliphatic heterocycles. The number of nitrogens with two attached hydrogens (primary N) is 2. The molecule has 2 aliphatic rings. The molecule has 0 saturated heterocycles. The molecule has 0 spiro atoms. The second-order valence-corrected chi connectivity index (χ2v) is 9.96. The molecule has 2 bridgehead atoms. The highest BCUT2D eigenvalue weighted by atomic mass is 19.1. The number of ether oxygens (including phenoxy) is 1. The third-order valence-electron chi connectivity index (χ3n) is 7.78. The number of halogens is 1. The molecule has 3 heterocycles. The summed E-state index contributed by atoms with van der Waals surface area (Å²) in [7, 11) is 0. The van der Waals surface area contributed by atoms with Crippen molar-refractivity contribution in [1.29, 1.82) is 0 Å². The molecule has 0 saturated carbocycles. The van der Waals surface area contributed by atoms with Crippen molar-refractivity contribution in [3.05, 3.63) is 117 Å². The van der Waals surface area contributed by atoms with Crippen LogP contribution in [0.3, 0.4) is 0 Å². The zero-order valence-electron chi connectivity index (χ0n) is 20.4. The number of primary amides is 1. The number of rotatable bonds is 4. The lowest BCUT2D eigenvalue weighted by Crippen LogP contribution is -2.30. The predicted octanol–water partition coefficient (Wildman–Crippen LogP) is 5.28. The number of nitrogen functional groups attached to an aromatic ring is 1. The zero-order chi connectivity index (χ0) is 25.4. The molecule has 2 unspecified atom stereocenters. The van der Waals surface area contributed by atoms with Crippen molar-refractivity contribution in [1.82, 2.24) is 4.98 Å². The topological polar surface area (TPSA) is 91.2 Å². The Hall–Kier alpha value is -4.03. The first-order chi connectivity index (χ1) is 17.1. The second-order valence-electron chi connectivity index (χ2n) is 9.96. The van der Waals surface area contributed by atoms with Crippen molar-refractivity contribution in [2.45, 2.75) is 38.4 Å². The van der Waals surface area contributed by atoms with Crippen LogP contribution in [0.2, 0.25) is 0 Å². The van der Waals surface area contributed by atoms with Crippen molar-refractivity contribution in [2.75, 3.05) is 5.73 Å². The molecule has 0 aliphatic carbocycles. The smallest absolute Gasteiger partial charge is 0.248 e. The molecule has 180 valence electrons. The number of aryl methyl sites for hydroxylation is 2. The van der Waals surface area contributed by atoms with Crippen molar-refractivity contribution in [2.24, 2.45) is 5.73 Å². The van der Waals surface area contributed by atoms with E-state index in [9.17, 15) is 9.18 Å². The SMILES string of the molecule is Cc1cc(N)nc(C)c1CC12OC(C)(c3cc(-c4ccc(F)cc4)ccc31)c1ccc(C(N)=O)cc12. The van der Waals surface area contributed by atoms with E-state index < -0.39 is 17.1 Å². The van der Waals surface area contributed by atoms with Gasteiger partial charge in [-0.25, -0.2) is 9.37 Å². The average molecular weight is 480 g/mol. The van der Waals surface area contributed by atoms with E-state index in [4.69, 9.17) is 16.2 Å². The molecule has 2 atom stereocenters. The van der Waals surface area contributed by atoms with E-state index in [1.165, 1.54) is 12.1 Å². The van der Waals surface area contributed by atoms with Crippen LogP contribution >= 0.6 is 0 Å². The summed E-state index contributed by atoms with van der Waals surface area (Å²) in [5.41, 5.74) is 19.5. The van der Waals surface area contributed by atoms with E-state index in [0.29, 0.717) is 17.8 Å². The molecule has 6 rings (SSSR count). The Morgan fingerprint density at radius 2 is 1.61 bits per heavy atom. The quantitative estimate of drug-likeness (QED) is 0.417. The summed E-state index contributed by atoms with van der Waals surface area (Å²) in [6.45, 7) is 6.05. The first kappa shape index (κ1) is 22.4. The fourth-order valence-corrected chi connectivity index (χ4v) is 6.05. The van der Waals surface area contributed by atoms with Crippen LogP contribution in [0.4, 0.5) is 10.2 Å². The highest BCUT2D eigenvalue weighted by Gasteiger charge is 2.60. The zero-order valence-corrected chi connectivity index (χ0v) is 20.4. The third kappa shape index (κ3) is 3.04. The standard InChI is InChI=1S/C30H26FN3O2/c1-16-12-27(32)34-17(2)22(16)15-30-24-11-6-19(18-4-8-21(31)9-5-18)13-25(24)29(3,36-30)23-10-7-20(28(33)35)14-26(23)30/h4-14H,15H2,1-3H3,(H2,32,34)(H2,33,35). The van der Waals surface area contributed by atoms with Crippen molar-refractivity contribution >= 4 is 11.7 Å². The summed E-state index contributed by atoms with van der Waals surface area (Å²) >= 11 is 0. The van der Waals surface area contributed by atoms with Crippen LogP contribution in [-0.2, 0) is 22.4 Å². The minimum atomic E-state index is -0.820. The molecule has 0 fully saturated rings. The number of hydrogen-bond donors (Lipinski definition) is 2. The Morgan fingerprint density at radius 1 is 0.917 bits per heavy atom. The summed E-state index contributed by atoms with van der Waals surface area (Å²) in [5.74, 6) is -0.264. The first-order valence-corrected chi connectivity index (χ1v) is 11.9. The van der Waals surface area contributed by atoms with Gasteiger partial charge in [-0.05, 0) is 102 Å².